The summed E-state index contributed by atoms with van der Waals surface area (Å²) in [5.74, 6) is 0.641. The van der Waals surface area contributed by atoms with Gasteiger partial charge in [0.05, 0.1) is 19.2 Å². The van der Waals surface area contributed by atoms with E-state index in [1.54, 1.807) is 7.11 Å². The monoisotopic (exact) mass is 353 g/mol. The Balaban J connectivity index is 1.80. The maximum atomic E-state index is 12.0. The van der Waals surface area contributed by atoms with E-state index in [0.717, 1.165) is 38.5 Å². The summed E-state index contributed by atoms with van der Waals surface area (Å²) in [6, 6.07) is 11.8. The number of hydrogen-bond donors (Lipinski definition) is 1. The summed E-state index contributed by atoms with van der Waals surface area (Å²) in [5.41, 5.74) is 5.24. The van der Waals surface area contributed by atoms with Gasteiger partial charge in [0.1, 0.15) is 10.8 Å². The number of nitrogens with zero attached hydrogens (tertiary/aromatic N) is 2. The van der Waals surface area contributed by atoms with Gasteiger partial charge in [0.25, 0.3) is 0 Å². The van der Waals surface area contributed by atoms with Crippen LogP contribution in [0.15, 0.2) is 46.9 Å². The van der Waals surface area contributed by atoms with Gasteiger partial charge < -0.3 is 4.74 Å². The standard InChI is InChI=1S/C19H19N3O2S/c1-12-11-25-19(20-12)10-18(23)22-21-13(2)14-8-9-17(24-3)16-7-5-4-6-15(14)16/h4-9,11H,10H2,1-3H3,(H,22,23)/b21-13-. The van der Waals surface area contributed by atoms with Crippen LogP contribution in [0.1, 0.15) is 23.2 Å². The highest BCUT2D eigenvalue weighted by Crippen LogP contribution is 2.28. The van der Waals surface area contributed by atoms with Crippen molar-refractivity contribution in [2.45, 2.75) is 20.3 Å². The normalized spacial score (nSPS) is 11.6. The molecule has 0 fully saturated rings. The second-order valence-electron chi connectivity index (χ2n) is 5.65. The van der Waals surface area contributed by atoms with Gasteiger partial charge in [0.2, 0.25) is 5.91 Å². The van der Waals surface area contributed by atoms with Gasteiger partial charge in [-0.3, -0.25) is 4.79 Å². The summed E-state index contributed by atoms with van der Waals surface area (Å²) in [6.45, 7) is 3.79. The Labute approximate surface area is 150 Å². The van der Waals surface area contributed by atoms with E-state index >= 15 is 0 Å². The molecule has 25 heavy (non-hydrogen) atoms. The first-order valence-corrected chi connectivity index (χ1v) is 8.76. The van der Waals surface area contributed by atoms with Gasteiger partial charge in [-0.15, -0.1) is 11.3 Å². The number of aromatic nitrogens is 1. The molecule has 5 nitrogen and oxygen atoms in total. The number of carbonyl (C=O) groups is 1. The molecule has 0 unspecified atom stereocenters. The SMILES string of the molecule is COc1ccc(/C(C)=N\NC(=O)Cc2nc(C)cs2)c2ccccc12. The molecule has 2 aromatic carbocycles. The summed E-state index contributed by atoms with van der Waals surface area (Å²) in [6.07, 6.45) is 0.235. The number of nitrogens with one attached hydrogen (secondary N) is 1. The molecule has 0 radical (unpaired) electrons. The Morgan fingerprint density at radius 3 is 2.68 bits per heavy atom. The zero-order valence-electron chi connectivity index (χ0n) is 14.4. The molecule has 0 aliphatic carbocycles. The van der Waals surface area contributed by atoms with Gasteiger partial charge in [-0.25, -0.2) is 10.4 Å². The second kappa shape index (κ2) is 7.44. The number of carbonyl (C=O) groups excluding carboxylic acids is 1. The molecule has 0 spiro atoms. The molecule has 1 aromatic heterocycles. The number of benzene rings is 2. The van der Waals surface area contributed by atoms with Crippen LogP contribution in [-0.2, 0) is 11.2 Å². The minimum Gasteiger partial charge on any atom is -0.496 e. The van der Waals surface area contributed by atoms with E-state index in [0.29, 0.717) is 0 Å². The maximum Gasteiger partial charge on any atom is 0.246 e. The predicted molar refractivity (Wildman–Crippen MR) is 101 cm³/mol. The van der Waals surface area contributed by atoms with Gasteiger partial charge in [0.15, 0.2) is 0 Å². The lowest BCUT2D eigenvalue weighted by atomic mass is 10.0. The topological polar surface area (TPSA) is 63.6 Å². The fraction of sp³-hybridized carbons (Fsp3) is 0.211. The van der Waals surface area contributed by atoms with Crippen LogP contribution in [0.3, 0.4) is 0 Å². The number of thiazole rings is 1. The van der Waals surface area contributed by atoms with Crippen molar-refractivity contribution in [2.24, 2.45) is 5.10 Å². The van der Waals surface area contributed by atoms with Crippen molar-refractivity contribution < 1.29 is 9.53 Å². The molecule has 3 aromatic rings. The minimum atomic E-state index is -0.175. The lowest BCUT2D eigenvalue weighted by Gasteiger charge is -2.10. The number of methoxy groups -OCH3 is 1. The summed E-state index contributed by atoms with van der Waals surface area (Å²) >= 11 is 1.48. The molecule has 3 rings (SSSR count). The minimum absolute atomic E-state index is 0.175. The molecule has 0 bridgehead atoms. The Bertz CT molecular complexity index is 947. The molecule has 1 N–H and O–H groups in total. The van der Waals surface area contributed by atoms with Crippen molar-refractivity contribution in [1.29, 1.82) is 0 Å². The van der Waals surface area contributed by atoms with Crippen LogP contribution < -0.4 is 10.2 Å². The summed E-state index contributed by atoms with van der Waals surface area (Å²) < 4.78 is 5.41. The van der Waals surface area contributed by atoms with Crippen LogP contribution in [0, 0.1) is 6.92 Å². The molecule has 128 valence electrons. The van der Waals surface area contributed by atoms with Crippen molar-refractivity contribution in [3.63, 3.8) is 0 Å². The first-order valence-electron chi connectivity index (χ1n) is 7.88. The molecule has 0 saturated carbocycles. The Morgan fingerprint density at radius 1 is 1.24 bits per heavy atom. The van der Waals surface area contributed by atoms with E-state index in [9.17, 15) is 4.79 Å². The van der Waals surface area contributed by atoms with Crippen molar-refractivity contribution >= 4 is 33.7 Å². The highest BCUT2D eigenvalue weighted by atomic mass is 32.1. The van der Waals surface area contributed by atoms with Gasteiger partial charge in [-0.2, -0.15) is 5.10 Å². The van der Waals surface area contributed by atoms with Crippen LogP contribution in [0.2, 0.25) is 0 Å². The first kappa shape index (κ1) is 17.1. The molecule has 6 heteroatoms. The van der Waals surface area contributed by atoms with Crippen molar-refractivity contribution in [3.05, 3.63) is 58.0 Å². The highest BCUT2D eigenvalue weighted by molar-refractivity contribution is 7.09. The molecule has 1 amide bonds. The third kappa shape index (κ3) is 3.85. The van der Waals surface area contributed by atoms with E-state index < -0.39 is 0 Å². The van der Waals surface area contributed by atoms with Crippen molar-refractivity contribution in [3.8, 4) is 5.75 Å². The van der Waals surface area contributed by atoms with Gasteiger partial charge >= 0.3 is 0 Å². The maximum absolute atomic E-state index is 12.0. The van der Waals surface area contributed by atoms with E-state index in [2.05, 4.69) is 15.5 Å². The Hall–Kier alpha value is -2.73. The molecule has 0 saturated heterocycles. The summed E-state index contributed by atoms with van der Waals surface area (Å²) in [4.78, 5) is 16.3. The molecular weight excluding hydrogens is 334 g/mol. The number of fused-ring (bicyclic) bond motifs is 1. The van der Waals surface area contributed by atoms with E-state index in [4.69, 9.17) is 4.74 Å². The summed E-state index contributed by atoms with van der Waals surface area (Å²) in [7, 11) is 1.66. The molecular formula is C19H19N3O2S. The van der Waals surface area contributed by atoms with Crippen molar-refractivity contribution in [2.75, 3.05) is 7.11 Å². The number of hydrazone groups is 1. The van der Waals surface area contributed by atoms with Crippen LogP contribution in [0.4, 0.5) is 0 Å². The lowest BCUT2D eigenvalue weighted by molar-refractivity contribution is -0.120. The number of rotatable bonds is 5. The molecule has 0 aliphatic heterocycles. The molecule has 0 atom stereocenters. The van der Waals surface area contributed by atoms with Crippen LogP contribution >= 0.6 is 11.3 Å². The Morgan fingerprint density at radius 2 is 2.00 bits per heavy atom. The molecule has 1 heterocycles. The zero-order valence-corrected chi connectivity index (χ0v) is 15.2. The van der Waals surface area contributed by atoms with Crippen LogP contribution in [-0.4, -0.2) is 23.7 Å². The first-order chi connectivity index (χ1) is 12.1. The highest BCUT2D eigenvalue weighted by Gasteiger charge is 2.10. The predicted octanol–water partition coefficient (Wildman–Crippen LogP) is 3.70. The largest absolute Gasteiger partial charge is 0.496 e. The fourth-order valence-electron chi connectivity index (χ4n) is 2.63. The smallest absolute Gasteiger partial charge is 0.246 e. The van der Waals surface area contributed by atoms with Gasteiger partial charge in [0, 0.05) is 22.0 Å². The summed E-state index contributed by atoms with van der Waals surface area (Å²) in [5, 5.41) is 9.03. The number of hydrogen-bond acceptors (Lipinski definition) is 5. The molecule has 0 aliphatic rings. The quantitative estimate of drug-likeness (QED) is 0.562. The number of ether oxygens (including phenoxy) is 1. The zero-order chi connectivity index (χ0) is 17.8. The number of amides is 1. The van der Waals surface area contributed by atoms with Crippen molar-refractivity contribution in [1.82, 2.24) is 10.4 Å². The van der Waals surface area contributed by atoms with Crippen LogP contribution in [0.25, 0.3) is 10.8 Å². The average Bonchev–Trinajstić information content (AvgIpc) is 3.03. The average molecular weight is 353 g/mol. The van der Waals surface area contributed by atoms with E-state index in [1.807, 2.05) is 55.6 Å². The van der Waals surface area contributed by atoms with E-state index in [-0.39, 0.29) is 12.3 Å². The van der Waals surface area contributed by atoms with Gasteiger partial charge in [-0.05, 0) is 31.4 Å². The third-order valence-corrected chi connectivity index (χ3v) is 4.79. The Kier molecular flexibility index (Phi) is 5.09. The fourth-order valence-corrected chi connectivity index (χ4v) is 3.40. The van der Waals surface area contributed by atoms with E-state index in [1.165, 1.54) is 11.3 Å². The third-order valence-electron chi connectivity index (χ3n) is 3.82. The second-order valence-corrected chi connectivity index (χ2v) is 6.60. The lowest BCUT2D eigenvalue weighted by Crippen LogP contribution is -2.21. The number of aryl methyl sites for hydroxylation is 1. The van der Waals surface area contributed by atoms with Gasteiger partial charge in [-0.1, -0.05) is 24.3 Å². The van der Waals surface area contributed by atoms with Crippen LogP contribution in [0.5, 0.6) is 5.75 Å².